The number of aliphatic carboxylic acids is 1. The molecule has 0 fully saturated rings. The molecule has 1 aromatic carbocycles. The van der Waals surface area contributed by atoms with Crippen LogP contribution in [0.15, 0.2) is 30.5 Å². The number of para-hydroxylation sites is 1. The Labute approximate surface area is 98.3 Å². The molecule has 0 spiro atoms. The van der Waals surface area contributed by atoms with Gasteiger partial charge in [0, 0.05) is 22.7 Å². The number of carbonyl (C=O) groups is 2. The first-order chi connectivity index (χ1) is 8.15. The van der Waals surface area contributed by atoms with Crippen molar-refractivity contribution in [2.24, 2.45) is 5.92 Å². The van der Waals surface area contributed by atoms with Crippen molar-refractivity contribution in [1.29, 1.82) is 0 Å². The van der Waals surface area contributed by atoms with Gasteiger partial charge in [0.05, 0.1) is 0 Å². The summed E-state index contributed by atoms with van der Waals surface area (Å²) in [6.07, 6.45) is 1.88. The minimum absolute atomic E-state index is 0.299. The van der Waals surface area contributed by atoms with Crippen LogP contribution in [0, 0.1) is 5.92 Å². The highest BCUT2D eigenvalue weighted by atomic mass is 16.4. The molecule has 2 rings (SSSR count). The first-order valence-corrected chi connectivity index (χ1v) is 5.48. The first kappa shape index (κ1) is 11.4. The zero-order chi connectivity index (χ0) is 12.4. The van der Waals surface area contributed by atoms with Gasteiger partial charge in [-0.1, -0.05) is 25.1 Å². The Hall–Kier alpha value is -2.10. The predicted molar refractivity (Wildman–Crippen MR) is 64.0 cm³/mol. The molecule has 0 saturated heterocycles. The smallest absolute Gasteiger partial charge is 0.314 e. The number of H-pyrrole nitrogens is 1. The third kappa shape index (κ3) is 1.93. The molecule has 17 heavy (non-hydrogen) atoms. The summed E-state index contributed by atoms with van der Waals surface area (Å²) in [5.74, 6) is -2.37. The number of carbonyl (C=O) groups excluding carboxylic acids is 1. The van der Waals surface area contributed by atoms with Crippen LogP contribution < -0.4 is 0 Å². The van der Waals surface area contributed by atoms with Crippen LogP contribution in [0.3, 0.4) is 0 Å². The number of rotatable bonds is 4. The van der Waals surface area contributed by atoms with E-state index in [4.69, 9.17) is 5.11 Å². The molecule has 4 heteroatoms. The summed E-state index contributed by atoms with van der Waals surface area (Å²) in [4.78, 5) is 26.0. The van der Waals surface area contributed by atoms with Gasteiger partial charge in [-0.3, -0.25) is 9.59 Å². The fourth-order valence-corrected chi connectivity index (χ4v) is 1.94. The number of carboxylic acid groups (broad SMARTS) is 1. The van der Waals surface area contributed by atoms with Crippen LogP contribution in [0.1, 0.15) is 23.7 Å². The van der Waals surface area contributed by atoms with E-state index in [1.807, 2.05) is 24.3 Å². The van der Waals surface area contributed by atoms with Crippen molar-refractivity contribution in [3.8, 4) is 0 Å². The van der Waals surface area contributed by atoms with Gasteiger partial charge < -0.3 is 10.1 Å². The van der Waals surface area contributed by atoms with Crippen molar-refractivity contribution in [2.75, 3.05) is 0 Å². The molecular weight excluding hydrogens is 218 g/mol. The number of nitrogens with one attached hydrogen (secondary N) is 1. The zero-order valence-electron chi connectivity index (χ0n) is 9.43. The van der Waals surface area contributed by atoms with Crippen LogP contribution in [-0.4, -0.2) is 21.8 Å². The molecule has 2 N–H and O–H groups in total. The molecule has 4 nitrogen and oxygen atoms in total. The van der Waals surface area contributed by atoms with Crippen molar-refractivity contribution in [2.45, 2.75) is 13.3 Å². The Morgan fingerprint density at radius 1 is 1.35 bits per heavy atom. The molecule has 0 aliphatic rings. The second-order valence-corrected chi connectivity index (χ2v) is 3.91. The van der Waals surface area contributed by atoms with E-state index in [2.05, 4.69) is 4.98 Å². The summed E-state index contributed by atoms with van der Waals surface area (Å²) in [5.41, 5.74) is 1.30. The topological polar surface area (TPSA) is 70.2 Å². The molecule has 88 valence electrons. The summed E-state index contributed by atoms with van der Waals surface area (Å²) < 4.78 is 0. The Kier molecular flexibility index (Phi) is 2.95. The number of hydrogen-bond acceptors (Lipinski definition) is 2. The fraction of sp³-hybridized carbons (Fsp3) is 0.231. The van der Waals surface area contributed by atoms with Crippen LogP contribution in [-0.2, 0) is 4.79 Å². The molecule has 0 aliphatic carbocycles. The van der Waals surface area contributed by atoms with Gasteiger partial charge in [-0.25, -0.2) is 0 Å². The lowest BCUT2D eigenvalue weighted by molar-refractivity contribution is -0.140. The number of aromatic amines is 1. The molecule has 0 aliphatic heterocycles. The van der Waals surface area contributed by atoms with E-state index in [1.54, 1.807) is 13.1 Å². The largest absolute Gasteiger partial charge is 0.481 e. The number of aromatic nitrogens is 1. The van der Waals surface area contributed by atoms with E-state index in [1.165, 1.54) is 0 Å². The van der Waals surface area contributed by atoms with Crippen molar-refractivity contribution >= 4 is 22.7 Å². The molecule has 1 aromatic heterocycles. The third-order valence-electron chi connectivity index (χ3n) is 2.88. The first-order valence-electron chi connectivity index (χ1n) is 5.48. The summed E-state index contributed by atoms with van der Waals surface area (Å²) in [7, 11) is 0. The number of benzene rings is 1. The molecule has 0 radical (unpaired) electrons. The molecule has 0 amide bonds. The second kappa shape index (κ2) is 4.41. The normalized spacial score (nSPS) is 12.5. The van der Waals surface area contributed by atoms with Crippen LogP contribution in [0.25, 0.3) is 10.9 Å². The van der Waals surface area contributed by atoms with E-state index in [0.29, 0.717) is 12.0 Å². The molecule has 0 bridgehead atoms. The molecule has 1 atom stereocenters. The van der Waals surface area contributed by atoms with Crippen molar-refractivity contribution < 1.29 is 14.7 Å². The molecule has 2 aromatic rings. The van der Waals surface area contributed by atoms with E-state index in [9.17, 15) is 9.59 Å². The standard InChI is InChI=1S/C13H13NO3/c1-2-8(13(16)17)12(15)10-7-14-11-6-4-3-5-9(10)11/h3-8,14H,2H2,1H3,(H,16,17)/t8-/m0/s1. The van der Waals surface area contributed by atoms with Gasteiger partial charge in [0.25, 0.3) is 0 Å². The second-order valence-electron chi connectivity index (χ2n) is 3.91. The van der Waals surface area contributed by atoms with Crippen LogP contribution in [0.5, 0.6) is 0 Å². The quantitative estimate of drug-likeness (QED) is 0.627. The van der Waals surface area contributed by atoms with Gasteiger partial charge in [-0.2, -0.15) is 0 Å². The Balaban J connectivity index is 2.46. The SMILES string of the molecule is CC[C@H](C(=O)O)C(=O)c1c[nH]c2ccccc12. The Morgan fingerprint density at radius 2 is 2.06 bits per heavy atom. The van der Waals surface area contributed by atoms with Crippen molar-refractivity contribution in [3.05, 3.63) is 36.0 Å². The van der Waals surface area contributed by atoms with Gasteiger partial charge in [-0.15, -0.1) is 0 Å². The predicted octanol–water partition coefficient (Wildman–Crippen LogP) is 2.46. The number of carboxylic acids is 1. The molecule has 1 heterocycles. The number of hydrogen-bond donors (Lipinski definition) is 2. The molecular formula is C13H13NO3. The van der Waals surface area contributed by atoms with E-state index >= 15 is 0 Å². The fourth-order valence-electron chi connectivity index (χ4n) is 1.94. The van der Waals surface area contributed by atoms with Gasteiger partial charge in [0.1, 0.15) is 5.92 Å². The van der Waals surface area contributed by atoms with Crippen LogP contribution >= 0.6 is 0 Å². The third-order valence-corrected chi connectivity index (χ3v) is 2.88. The van der Waals surface area contributed by atoms with E-state index in [0.717, 1.165) is 10.9 Å². The number of Topliss-reactive ketones (excluding diaryl/α,β-unsaturated/α-hetero) is 1. The summed E-state index contributed by atoms with van der Waals surface area (Å²) in [6.45, 7) is 1.70. The van der Waals surface area contributed by atoms with Gasteiger partial charge in [0.15, 0.2) is 5.78 Å². The molecule has 0 saturated carbocycles. The summed E-state index contributed by atoms with van der Waals surface area (Å²) in [6, 6.07) is 7.36. The highest BCUT2D eigenvalue weighted by Crippen LogP contribution is 2.22. The van der Waals surface area contributed by atoms with E-state index in [-0.39, 0.29) is 5.78 Å². The van der Waals surface area contributed by atoms with Crippen LogP contribution in [0.2, 0.25) is 0 Å². The minimum Gasteiger partial charge on any atom is -0.481 e. The van der Waals surface area contributed by atoms with Gasteiger partial charge >= 0.3 is 5.97 Å². The van der Waals surface area contributed by atoms with Crippen molar-refractivity contribution in [1.82, 2.24) is 4.98 Å². The Morgan fingerprint density at radius 3 is 2.71 bits per heavy atom. The monoisotopic (exact) mass is 231 g/mol. The maximum Gasteiger partial charge on any atom is 0.314 e. The average Bonchev–Trinajstić information content (AvgIpc) is 2.72. The minimum atomic E-state index is -1.07. The maximum absolute atomic E-state index is 12.1. The highest BCUT2D eigenvalue weighted by molar-refractivity contribution is 6.14. The van der Waals surface area contributed by atoms with Gasteiger partial charge in [-0.05, 0) is 12.5 Å². The summed E-state index contributed by atoms with van der Waals surface area (Å²) >= 11 is 0. The van der Waals surface area contributed by atoms with Crippen molar-refractivity contribution in [3.63, 3.8) is 0 Å². The lowest BCUT2D eigenvalue weighted by Gasteiger charge is -2.07. The van der Waals surface area contributed by atoms with E-state index < -0.39 is 11.9 Å². The number of fused-ring (bicyclic) bond motifs is 1. The van der Waals surface area contributed by atoms with Gasteiger partial charge in [0.2, 0.25) is 0 Å². The summed E-state index contributed by atoms with van der Waals surface area (Å²) in [5, 5.41) is 9.76. The lowest BCUT2D eigenvalue weighted by Crippen LogP contribution is -2.22. The Bertz CT molecular complexity index is 571. The number of ketones is 1. The lowest BCUT2D eigenvalue weighted by atomic mass is 9.95. The van der Waals surface area contributed by atoms with Crippen LogP contribution in [0.4, 0.5) is 0 Å². The zero-order valence-corrected chi connectivity index (χ0v) is 9.43. The average molecular weight is 231 g/mol. The molecule has 0 unspecified atom stereocenters. The highest BCUT2D eigenvalue weighted by Gasteiger charge is 2.26. The maximum atomic E-state index is 12.1.